The van der Waals surface area contributed by atoms with Gasteiger partial charge in [0.05, 0.1) is 43.4 Å². The van der Waals surface area contributed by atoms with Crippen molar-refractivity contribution in [2.75, 3.05) is 24.7 Å². The first kappa shape index (κ1) is 26.9. The number of aryl methyl sites for hydroxylation is 1. The maximum Gasteiger partial charge on any atom is 0.350 e. The molecule has 1 aliphatic rings. The number of carbonyl (C=O) groups is 3. The molecule has 0 radical (unpaired) electrons. The number of hydrogen-bond donors (Lipinski definition) is 1. The molecule has 0 saturated carbocycles. The van der Waals surface area contributed by atoms with Crippen molar-refractivity contribution in [3.05, 3.63) is 69.8 Å². The summed E-state index contributed by atoms with van der Waals surface area (Å²) in [6.45, 7) is 8.13. The van der Waals surface area contributed by atoms with Crippen LogP contribution in [0, 0.1) is 6.92 Å². The van der Waals surface area contributed by atoms with Crippen LogP contribution >= 0.6 is 11.3 Å². The Morgan fingerprint density at radius 3 is 2.58 bits per heavy atom. The molecule has 0 saturated heterocycles. The number of aliphatic hydroxyl groups is 1. The standard InChI is InChI=1S/C27H28N2O8S/c1-5-12-36-17-11-10-16(14-19(17)34-6-2)21-20(22(30)18-9-8-13-37-18)23(31)25(32)29(21)27-28-15(4)24(38-27)26(33)35-7-3/h8-11,13-14,21,31H,5-7,12H2,1-4H3. The van der Waals surface area contributed by atoms with Crippen molar-refractivity contribution in [1.29, 1.82) is 0 Å². The van der Waals surface area contributed by atoms with Crippen LogP contribution < -0.4 is 14.4 Å². The number of hydrogen-bond acceptors (Lipinski definition) is 10. The van der Waals surface area contributed by atoms with E-state index in [2.05, 4.69) is 4.98 Å². The van der Waals surface area contributed by atoms with E-state index < -0.39 is 29.5 Å². The molecule has 1 atom stereocenters. The number of Topliss-reactive ketones (excluding diaryl/α,β-unsaturated/α-hetero) is 1. The number of benzene rings is 1. The van der Waals surface area contributed by atoms with Gasteiger partial charge in [-0.05, 0) is 57.0 Å². The van der Waals surface area contributed by atoms with Gasteiger partial charge in [0.15, 0.2) is 28.1 Å². The van der Waals surface area contributed by atoms with Crippen LogP contribution in [0.3, 0.4) is 0 Å². The molecule has 200 valence electrons. The van der Waals surface area contributed by atoms with E-state index in [0.29, 0.717) is 36.0 Å². The van der Waals surface area contributed by atoms with Gasteiger partial charge >= 0.3 is 5.97 Å². The number of nitrogens with zero attached hydrogens (tertiary/aromatic N) is 2. The first-order valence-electron chi connectivity index (χ1n) is 12.2. The summed E-state index contributed by atoms with van der Waals surface area (Å²) in [4.78, 5) is 45.2. The molecule has 4 rings (SSSR count). The summed E-state index contributed by atoms with van der Waals surface area (Å²) in [5.74, 6) is -1.90. The van der Waals surface area contributed by atoms with Gasteiger partial charge in [-0.1, -0.05) is 24.3 Å². The van der Waals surface area contributed by atoms with Crippen molar-refractivity contribution in [3.8, 4) is 11.5 Å². The molecule has 0 bridgehead atoms. The van der Waals surface area contributed by atoms with E-state index in [9.17, 15) is 19.5 Å². The average Bonchev–Trinajstić information content (AvgIpc) is 3.62. The number of carbonyl (C=O) groups excluding carboxylic acids is 3. The van der Waals surface area contributed by atoms with Crippen LogP contribution in [0.15, 0.2) is 52.3 Å². The fourth-order valence-electron chi connectivity index (χ4n) is 4.06. The van der Waals surface area contributed by atoms with E-state index in [1.807, 2.05) is 13.8 Å². The van der Waals surface area contributed by atoms with Crippen molar-refractivity contribution >= 4 is 34.1 Å². The second-order valence-corrected chi connectivity index (χ2v) is 9.24. The number of aliphatic hydroxyl groups excluding tert-OH is 1. The summed E-state index contributed by atoms with van der Waals surface area (Å²) in [6.07, 6.45) is 2.13. The van der Waals surface area contributed by atoms with E-state index in [4.69, 9.17) is 18.6 Å². The van der Waals surface area contributed by atoms with Gasteiger partial charge in [-0.15, -0.1) is 0 Å². The predicted molar refractivity (Wildman–Crippen MR) is 139 cm³/mol. The van der Waals surface area contributed by atoms with Gasteiger partial charge in [-0.25, -0.2) is 9.78 Å². The summed E-state index contributed by atoms with van der Waals surface area (Å²) < 4.78 is 22.0. The SMILES string of the molecule is CCCOc1ccc(C2C(C(=O)c3ccco3)=C(O)C(=O)N2c2nc(C)c(C(=O)OCC)s2)cc1OCC. The Bertz CT molecular complexity index is 1380. The lowest BCUT2D eigenvalue weighted by Gasteiger charge is -2.25. The number of furan rings is 1. The van der Waals surface area contributed by atoms with Crippen LogP contribution in [-0.2, 0) is 9.53 Å². The third-order valence-electron chi connectivity index (χ3n) is 5.69. The van der Waals surface area contributed by atoms with Gasteiger partial charge in [0.1, 0.15) is 4.88 Å². The van der Waals surface area contributed by atoms with Gasteiger partial charge in [0.2, 0.25) is 5.78 Å². The van der Waals surface area contributed by atoms with Crippen molar-refractivity contribution in [2.24, 2.45) is 0 Å². The van der Waals surface area contributed by atoms with Crippen molar-refractivity contribution in [2.45, 2.75) is 40.2 Å². The summed E-state index contributed by atoms with van der Waals surface area (Å²) in [6, 6.07) is 6.96. The fraction of sp³-hybridized carbons (Fsp3) is 0.333. The molecule has 2 aromatic heterocycles. The second-order valence-electron chi connectivity index (χ2n) is 8.27. The highest BCUT2D eigenvalue weighted by molar-refractivity contribution is 7.17. The number of ketones is 1. The van der Waals surface area contributed by atoms with Crippen LogP contribution in [0.25, 0.3) is 0 Å². The lowest BCUT2D eigenvalue weighted by atomic mass is 9.95. The second kappa shape index (κ2) is 11.5. The maximum absolute atomic E-state index is 13.5. The third-order valence-corrected chi connectivity index (χ3v) is 6.83. The van der Waals surface area contributed by atoms with Gasteiger partial charge in [-0.3, -0.25) is 14.5 Å². The molecule has 1 N–H and O–H groups in total. The average molecular weight is 541 g/mol. The Balaban J connectivity index is 1.86. The summed E-state index contributed by atoms with van der Waals surface area (Å²) in [5, 5.41) is 11.1. The van der Waals surface area contributed by atoms with Crippen molar-refractivity contribution in [1.82, 2.24) is 4.98 Å². The minimum Gasteiger partial charge on any atom is -0.503 e. The van der Waals surface area contributed by atoms with Gasteiger partial charge in [0.25, 0.3) is 5.91 Å². The molecule has 1 amide bonds. The van der Waals surface area contributed by atoms with Crippen LogP contribution in [0.5, 0.6) is 11.5 Å². The van der Waals surface area contributed by atoms with E-state index in [1.54, 1.807) is 32.0 Å². The molecule has 10 nitrogen and oxygen atoms in total. The smallest absolute Gasteiger partial charge is 0.350 e. The molecule has 11 heteroatoms. The van der Waals surface area contributed by atoms with E-state index >= 15 is 0 Å². The Kier molecular flexibility index (Phi) is 8.16. The first-order chi connectivity index (χ1) is 18.3. The quantitative estimate of drug-likeness (QED) is 0.258. The zero-order chi connectivity index (χ0) is 27.4. The molecule has 0 spiro atoms. The van der Waals surface area contributed by atoms with Crippen molar-refractivity contribution in [3.63, 3.8) is 0 Å². The number of thiazole rings is 1. The minimum atomic E-state index is -1.08. The van der Waals surface area contributed by atoms with Crippen molar-refractivity contribution < 1.29 is 38.1 Å². The number of esters is 1. The molecule has 0 fully saturated rings. The molecular formula is C27H28N2O8S. The molecule has 38 heavy (non-hydrogen) atoms. The highest BCUT2D eigenvalue weighted by atomic mass is 32.1. The number of amides is 1. The van der Waals surface area contributed by atoms with Crippen LogP contribution in [0.2, 0.25) is 0 Å². The summed E-state index contributed by atoms with van der Waals surface area (Å²) in [5.41, 5.74) is 0.647. The molecule has 1 unspecified atom stereocenters. The van der Waals surface area contributed by atoms with Crippen LogP contribution in [-0.4, -0.2) is 47.6 Å². The Labute approximate surface area is 223 Å². The Morgan fingerprint density at radius 2 is 1.92 bits per heavy atom. The molecular weight excluding hydrogens is 512 g/mol. The van der Waals surface area contributed by atoms with Gasteiger partial charge in [-0.2, -0.15) is 0 Å². The minimum absolute atomic E-state index is 0.0401. The lowest BCUT2D eigenvalue weighted by Crippen LogP contribution is -2.31. The number of anilines is 1. The van der Waals surface area contributed by atoms with E-state index in [1.165, 1.54) is 23.3 Å². The Hall–Kier alpha value is -4.12. The van der Waals surface area contributed by atoms with E-state index in [-0.39, 0.29) is 27.9 Å². The zero-order valence-corrected chi connectivity index (χ0v) is 22.3. The maximum atomic E-state index is 13.5. The molecule has 1 aromatic carbocycles. The van der Waals surface area contributed by atoms with Crippen LogP contribution in [0.4, 0.5) is 5.13 Å². The topological polar surface area (TPSA) is 128 Å². The number of rotatable bonds is 11. The van der Waals surface area contributed by atoms with Gasteiger partial charge in [0, 0.05) is 0 Å². The highest BCUT2D eigenvalue weighted by Gasteiger charge is 2.47. The molecule has 0 aliphatic carbocycles. The van der Waals surface area contributed by atoms with Crippen LogP contribution in [0.1, 0.15) is 64.7 Å². The zero-order valence-electron chi connectivity index (χ0n) is 21.5. The highest BCUT2D eigenvalue weighted by Crippen LogP contribution is 2.45. The molecule has 3 aromatic rings. The van der Waals surface area contributed by atoms with Gasteiger partial charge < -0.3 is 23.7 Å². The normalized spacial score (nSPS) is 15.2. The summed E-state index contributed by atoms with van der Waals surface area (Å²) in [7, 11) is 0. The predicted octanol–water partition coefficient (Wildman–Crippen LogP) is 5.19. The number of aromatic nitrogens is 1. The molecule has 1 aliphatic heterocycles. The largest absolute Gasteiger partial charge is 0.503 e. The Morgan fingerprint density at radius 1 is 1.13 bits per heavy atom. The first-order valence-corrected chi connectivity index (χ1v) is 13.0. The monoisotopic (exact) mass is 540 g/mol. The van der Waals surface area contributed by atoms with E-state index in [0.717, 1.165) is 17.8 Å². The molecule has 3 heterocycles. The summed E-state index contributed by atoms with van der Waals surface area (Å²) >= 11 is 0.940. The number of ether oxygens (including phenoxy) is 3. The lowest BCUT2D eigenvalue weighted by molar-refractivity contribution is -0.117. The third kappa shape index (κ3) is 5.01. The fourth-order valence-corrected chi connectivity index (χ4v) is 5.04.